The zero-order valence-corrected chi connectivity index (χ0v) is 15.7. The number of pyridine rings is 1. The highest BCUT2D eigenvalue weighted by Crippen LogP contribution is 2.26. The number of quaternary nitrogens is 1. The molecule has 4 heteroatoms. The SMILES string of the molecule is Cc1ccc2nc(-c3ccccc3)c(C[N+](C)(C)C)n2c1.[I-]. The van der Waals surface area contributed by atoms with Gasteiger partial charge in [0.2, 0.25) is 0 Å². The molecule has 3 aromatic rings. The first-order valence-electron chi connectivity index (χ1n) is 7.27. The number of hydrogen-bond donors (Lipinski definition) is 0. The first-order valence-corrected chi connectivity index (χ1v) is 7.27. The molecular formula is C18H22IN3. The van der Waals surface area contributed by atoms with Crippen LogP contribution in [-0.4, -0.2) is 35.0 Å². The van der Waals surface area contributed by atoms with Crippen LogP contribution in [0.2, 0.25) is 0 Å². The Morgan fingerprint density at radius 1 is 1.00 bits per heavy atom. The maximum atomic E-state index is 4.86. The molecule has 0 radical (unpaired) electrons. The molecule has 2 aromatic heterocycles. The molecule has 0 N–H and O–H groups in total. The molecule has 22 heavy (non-hydrogen) atoms. The second-order valence-electron chi connectivity index (χ2n) is 6.66. The second kappa shape index (κ2) is 6.38. The van der Waals surface area contributed by atoms with Gasteiger partial charge in [-0.05, 0) is 18.6 Å². The van der Waals surface area contributed by atoms with Gasteiger partial charge in [-0.2, -0.15) is 0 Å². The van der Waals surface area contributed by atoms with Crippen molar-refractivity contribution in [2.75, 3.05) is 21.1 Å². The summed E-state index contributed by atoms with van der Waals surface area (Å²) in [6.07, 6.45) is 2.18. The summed E-state index contributed by atoms with van der Waals surface area (Å²) in [6.45, 7) is 3.06. The van der Waals surface area contributed by atoms with E-state index in [9.17, 15) is 0 Å². The molecule has 0 aliphatic rings. The van der Waals surface area contributed by atoms with Gasteiger partial charge in [0.1, 0.15) is 17.9 Å². The average molecular weight is 407 g/mol. The van der Waals surface area contributed by atoms with Crippen molar-refractivity contribution in [2.45, 2.75) is 13.5 Å². The standard InChI is InChI=1S/C18H22N3.HI/c1-14-10-11-17-19-18(15-8-6-5-7-9-15)16(20(17)12-14)13-21(2,3)4;/h5-12H,13H2,1-4H3;1H/q+1;/p-1. The lowest BCUT2D eigenvalue weighted by atomic mass is 10.1. The summed E-state index contributed by atoms with van der Waals surface area (Å²) in [5.74, 6) is 0. The Morgan fingerprint density at radius 3 is 2.32 bits per heavy atom. The van der Waals surface area contributed by atoms with Gasteiger partial charge in [0, 0.05) is 11.8 Å². The number of aromatic nitrogens is 2. The minimum absolute atomic E-state index is 0. The zero-order chi connectivity index (χ0) is 15.0. The summed E-state index contributed by atoms with van der Waals surface area (Å²) in [4.78, 5) is 4.86. The summed E-state index contributed by atoms with van der Waals surface area (Å²) in [6, 6.07) is 14.7. The topological polar surface area (TPSA) is 17.3 Å². The molecule has 3 nitrogen and oxygen atoms in total. The number of aryl methyl sites for hydroxylation is 1. The van der Waals surface area contributed by atoms with Crippen molar-refractivity contribution < 1.29 is 28.5 Å². The van der Waals surface area contributed by atoms with Gasteiger partial charge in [0.05, 0.1) is 26.8 Å². The molecule has 0 atom stereocenters. The lowest BCUT2D eigenvalue weighted by molar-refractivity contribution is -0.884. The Bertz CT molecular complexity index is 770. The van der Waals surface area contributed by atoms with Crippen LogP contribution in [0, 0.1) is 6.92 Å². The first kappa shape index (κ1) is 17.0. The van der Waals surface area contributed by atoms with Crippen LogP contribution < -0.4 is 24.0 Å². The largest absolute Gasteiger partial charge is 1.00 e. The van der Waals surface area contributed by atoms with Crippen LogP contribution in [0.25, 0.3) is 16.9 Å². The number of hydrogen-bond acceptors (Lipinski definition) is 1. The maximum absolute atomic E-state index is 4.86. The number of imidazole rings is 1. The van der Waals surface area contributed by atoms with Crippen LogP contribution in [0.15, 0.2) is 48.7 Å². The van der Waals surface area contributed by atoms with Crippen LogP contribution in [0.5, 0.6) is 0 Å². The molecule has 116 valence electrons. The highest BCUT2D eigenvalue weighted by molar-refractivity contribution is 5.66. The highest BCUT2D eigenvalue weighted by atomic mass is 127. The fourth-order valence-corrected chi connectivity index (χ4v) is 2.63. The third-order valence-electron chi connectivity index (χ3n) is 3.54. The molecule has 0 spiro atoms. The summed E-state index contributed by atoms with van der Waals surface area (Å²) >= 11 is 0. The molecule has 0 saturated heterocycles. The van der Waals surface area contributed by atoms with Crippen molar-refractivity contribution in [3.8, 4) is 11.3 Å². The molecule has 0 amide bonds. The van der Waals surface area contributed by atoms with E-state index in [1.807, 2.05) is 6.07 Å². The van der Waals surface area contributed by atoms with Gasteiger partial charge in [-0.15, -0.1) is 0 Å². The monoisotopic (exact) mass is 407 g/mol. The average Bonchev–Trinajstić information content (AvgIpc) is 2.76. The second-order valence-corrected chi connectivity index (χ2v) is 6.66. The summed E-state index contributed by atoms with van der Waals surface area (Å²) in [7, 11) is 6.64. The Labute approximate surface area is 149 Å². The van der Waals surface area contributed by atoms with E-state index in [4.69, 9.17) is 4.98 Å². The Balaban J connectivity index is 0.00000176. The molecule has 3 rings (SSSR count). The molecule has 0 aliphatic carbocycles. The summed E-state index contributed by atoms with van der Waals surface area (Å²) in [5.41, 5.74) is 5.81. The van der Waals surface area contributed by atoms with Gasteiger partial charge in [0.15, 0.2) is 0 Å². The van der Waals surface area contributed by atoms with Crippen LogP contribution in [0.3, 0.4) is 0 Å². The lowest BCUT2D eigenvalue weighted by Crippen LogP contribution is -3.00. The van der Waals surface area contributed by atoms with E-state index in [0.29, 0.717) is 0 Å². The fraction of sp³-hybridized carbons (Fsp3) is 0.278. The van der Waals surface area contributed by atoms with Gasteiger partial charge in [0.25, 0.3) is 0 Å². The van der Waals surface area contributed by atoms with Crippen LogP contribution >= 0.6 is 0 Å². The quantitative estimate of drug-likeness (QED) is 0.457. The van der Waals surface area contributed by atoms with E-state index in [0.717, 1.165) is 22.4 Å². The summed E-state index contributed by atoms with van der Waals surface area (Å²) < 4.78 is 3.11. The van der Waals surface area contributed by atoms with Crippen molar-refractivity contribution >= 4 is 5.65 Å². The molecule has 0 aliphatic heterocycles. The predicted molar refractivity (Wildman–Crippen MR) is 87.1 cm³/mol. The van der Waals surface area contributed by atoms with Gasteiger partial charge < -0.3 is 28.5 Å². The van der Waals surface area contributed by atoms with E-state index in [1.54, 1.807) is 0 Å². The Morgan fingerprint density at radius 2 is 1.68 bits per heavy atom. The van der Waals surface area contributed by atoms with Crippen molar-refractivity contribution in [3.63, 3.8) is 0 Å². The van der Waals surface area contributed by atoms with Gasteiger partial charge in [-0.25, -0.2) is 4.98 Å². The summed E-state index contributed by atoms with van der Waals surface area (Å²) in [5, 5.41) is 0. The van der Waals surface area contributed by atoms with E-state index in [1.165, 1.54) is 16.8 Å². The van der Waals surface area contributed by atoms with Gasteiger partial charge in [-0.3, -0.25) is 4.40 Å². The van der Waals surface area contributed by atoms with Crippen LogP contribution in [0.4, 0.5) is 0 Å². The smallest absolute Gasteiger partial charge is 0.137 e. The van der Waals surface area contributed by atoms with Gasteiger partial charge >= 0.3 is 0 Å². The zero-order valence-electron chi connectivity index (χ0n) is 13.5. The van der Waals surface area contributed by atoms with Crippen molar-refractivity contribution in [2.24, 2.45) is 0 Å². The molecule has 0 saturated carbocycles. The number of nitrogens with zero attached hydrogens (tertiary/aromatic N) is 3. The normalized spacial score (nSPS) is 11.5. The number of halogens is 1. The fourth-order valence-electron chi connectivity index (χ4n) is 2.63. The number of rotatable bonds is 3. The third-order valence-corrected chi connectivity index (χ3v) is 3.54. The van der Waals surface area contributed by atoms with Crippen molar-refractivity contribution in [1.29, 1.82) is 0 Å². The number of fused-ring (bicyclic) bond motifs is 1. The molecule has 1 aromatic carbocycles. The lowest BCUT2D eigenvalue weighted by Gasteiger charge is -2.24. The molecule has 0 fully saturated rings. The molecule has 2 heterocycles. The van der Waals surface area contributed by atoms with E-state index < -0.39 is 0 Å². The Kier molecular flexibility index (Phi) is 4.92. The van der Waals surface area contributed by atoms with Crippen molar-refractivity contribution in [1.82, 2.24) is 9.38 Å². The first-order chi connectivity index (χ1) is 9.94. The third kappa shape index (κ3) is 3.50. The minimum atomic E-state index is 0. The van der Waals surface area contributed by atoms with E-state index in [2.05, 4.69) is 75.1 Å². The minimum Gasteiger partial charge on any atom is -1.00 e. The van der Waals surface area contributed by atoms with Crippen molar-refractivity contribution in [3.05, 3.63) is 59.9 Å². The number of benzene rings is 1. The Hall–Kier alpha value is -1.40. The predicted octanol–water partition coefficient (Wildman–Crippen LogP) is 0.520. The van der Waals surface area contributed by atoms with Crippen LogP contribution in [-0.2, 0) is 6.54 Å². The molecule has 0 bridgehead atoms. The highest BCUT2D eigenvalue weighted by Gasteiger charge is 2.19. The van der Waals surface area contributed by atoms with Crippen LogP contribution in [0.1, 0.15) is 11.3 Å². The van der Waals surface area contributed by atoms with E-state index in [-0.39, 0.29) is 24.0 Å². The van der Waals surface area contributed by atoms with E-state index >= 15 is 0 Å². The maximum Gasteiger partial charge on any atom is 0.137 e. The van der Waals surface area contributed by atoms with Gasteiger partial charge in [-0.1, -0.05) is 36.4 Å². The molecular weight excluding hydrogens is 385 g/mol. The molecule has 0 unspecified atom stereocenters.